The van der Waals surface area contributed by atoms with E-state index in [1.165, 1.54) is 16.7 Å². The van der Waals surface area contributed by atoms with E-state index in [0.29, 0.717) is 0 Å². The minimum atomic E-state index is 0. The Morgan fingerprint density at radius 1 is 1.11 bits per heavy atom. The summed E-state index contributed by atoms with van der Waals surface area (Å²) in [7, 11) is 0. The van der Waals surface area contributed by atoms with Crippen molar-refractivity contribution in [3.63, 3.8) is 0 Å². The molecule has 0 aromatic heterocycles. The predicted octanol–water partition coefficient (Wildman–Crippen LogP) is 5.32. The van der Waals surface area contributed by atoms with Crippen LogP contribution in [-0.4, -0.2) is 0 Å². The van der Waals surface area contributed by atoms with Crippen LogP contribution in [0.15, 0.2) is 34.9 Å². The van der Waals surface area contributed by atoms with E-state index >= 15 is 0 Å². The molecule has 2 rings (SSSR count). The van der Waals surface area contributed by atoms with Crippen LogP contribution in [0.1, 0.15) is 41.0 Å². The van der Waals surface area contributed by atoms with Gasteiger partial charge in [-0.25, -0.2) is 17.7 Å². The quantitative estimate of drug-likeness (QED) is 0.530. The average Bonchev–Trinajstić information content (AvgIpc) is 2.76. The first kappa shape index (κ1) is 23.0. The molecule has 18 heavy (non-hydrogen) atoms. The second kappa shape index (κ2) is 9.73. The number of hydrogen-bond acceptors (Lipinski definition) is 0. The summed E-state index contributed by atoms with van der Waals surface area (Å²) in [5, 5.41) is 0. The maximum atomic E-state index is 3.44. The van der Waals surface area contributed by atoms with Gasteiger partial charge in [-0.15, -0.1) is 13.3 Å². The van der Waals surface area contributed by atoms with E-state index in [1.807, 2.05) is 12.2 Å². The molecule has 0 aromatic carbocycles. The summed E-state index contributed by atoms with van der Waals surface area (Å²) >= 11 is 0. The summed E-state index contributed by atoms with van der Waals surface area (Å²) in [5.41, 5.74) is 4.39. The second-order valence-electron chi connectivity index (χ2n) is 4.63. The van der Waals surface area contributed by atoms with E-state index in [0.717, 1.165) is 6.42 Å². The summed E-state index contributed by atoms with van der Waals surface area (Å²) in [4.78, 5) is 0. The molecule has 0 bridgehead atoms. The van der Waals surface area contributed by atoms with E-state index in [2.05, 4.69) is 52.8 Å². The first-order chi connectivity index (χ1) is 6.95. The molecule has 0 saturated heterocycles. The largest absolute Gasteiger partial charge is 4.00 e. The van der Waals surface area contributed by atoms with Crippen molar-refractivity contribution in [1.29, 1.82) is 0 Å². The van der Waals surface area contributed by atoms with Gasteiger partial charge in [0.25, 0.3) is 0 Å². The van der Waals surface area contributed by atoms with Crippen LogP contribution in [0, 0.1) is 32.4 Å². The number of rotatable bonds is 0. The van der Waals surface area contributed by atoms with Gasteiger partial charge >= 0.3 is 26.2 Å². The third kappa shape index (κ3) is 6.14. The Balaban J connectivity index is -0.000000245. The molecule has 0 atom stereocenters. The van der Waals surface area contributed by atoms with Crippen LogP contribution in [-0.2, 0) is 26.2 Å². The molecule has 0 spiro atoms. The van der Waals surface area contributed by atoms with Gasteiger partial charge in [0, 0.05) is 0 Å². The third-order valence-corrected chi connectivity index (χ3v) is 3.15. The fourth-order valence-corrected chi connectivity index (χ4v) is 1.75. The first-order valence-corrected chi connectivity index (χ1v) is 5.47. The van der Waals surface area contributed by atoms with Crippen LogP contribution >= 0.6 is 0 Å². The van der Waals surface area contributed by atoms with E-state index in [4.69, 9.17) is 0 Å². The van der Waals surface area contributed by atoms with E-state index in [-0.39, 0.29) is 46.5 Å². The van der Waals surface area contributed by atoms with Crippen molar-refractivity contribution in [1.82, 2.24) is 0 Å². The number of hydrogen-bond donors (Lipinski definition) is 0. The van der Waals surface area contributed by atoms with Gasteiger partial charge in [-0.2, -0.15) is 17.2 Å². The molecule has 0 heterocycles. The molecule has 0 radical (unpaired) electrons. The Kier molecular flexibility index (Phi) is 12.4. The zero-order chi connectivity index (χ0) is 11.5. The van der Waals surface area contributed by atoms with Crippen molar-refractivity contribution in [3.8, 4) is 0 Å². The average molecular weight is 322 g/mol. The minimum Gasteiger partial charge on any atom is -0.358 e. The maximum absolute atomic E-state index is 3.44. The molecule has 0 unspecified atom stereocenters. The molecule has 0 aromatic rings. The molecule has 2 aliphatic rings. The van der Waals surface area contributed by atoms with Crippen LogP contribution in [0.3, 0.4) is 0 Å². The molecule has 0 aliphatic heterocycles. The van der Waals surface area contributed by atoms with E-state index in [1.54, 1.807) is 0 Å². The molecule has 0 amide bonds. The van der Waals surface area contributed by atoms with Gasteiger partial charge in [0.1, 0.15) is 0 Å². The summed E-state index contributed by atoms with van der Waals surface area (Å²) in [6.45, 7) is 10.9. The summed E-state index contributed by atoms with van der Waals surface area (Å²) in [5.74, 6) is 0. The van der Waals surface area contributed by atoms with Crippen molar-refractivity contribution in [2.24, 2.45) is 5.41 Å². The van der Waals surface area contributed by atoms with Gasteiger partial charge in [0.15, 0.2) is 0 Å². The Morgan fingerprint density at radius 2 is 1.67 bits per heavy atom. The summed E-state index contributed by atoms with van der Waals surface area (Å²) < 4.78 is 0. The fraction of sp³-hybridized carbons (Fsp3) is 0.412. The number of allylic oxidation sites excluding steroid dienone is 8. The van der Waals surface area contributed by atoms with Crippen molar-refractivity contribution in [2.45, 2.75) is 41.0 Å². The molecule has 0 fully saturated rings. The van der Waals surface area contributed by atoms with Gasteiger partial charge in [0.05, 0.1) is 0 Å². The molecular weight excluding hydrogens is 295 g/mol. The standard InChI is InChI=1S/C10H15.C5H5.2CH3.Zr/c1-7-6-10(4,5)9(3)8(7)2;1-2-4-5-3-1;;;/h1-5H3;1-3H,4H2;2*1H3;/q4*-1;+4. The molecule has 98 valence electrons. The second-order valence-corrected chi connectivity index (χ2v) is 4.63. The van der Waals surface area contributed by atoms with Crippen molar-refractivity contribution >= 4 is 0 Å². The van der Waals surface area contributed by atoms with Crippen LogP contribution in [0.4, 0.5) is 0 Å². The third-order valence-electron chi connectivity index (χ3n) is 3.15. The molecule has 0 nitrogen and oxygen atoms in total. The topological polar surface area (TPSA) is 0 Å². The zero-order valence-corrected chi connectivity index (χ0v) is 15.4. The molecule has 0 saturated carbocycles. The van der Waals surface area contributed by atoms with Crippen LogP contribution in [0.5, 0.6) is 0 Å². The van der Waals surface area contributed by atoms with E-state index < -0.39 is 0 Å². The molecule has 1 heteroatoms. The normalized spacial score (nSPS) is 17.9. The van der Waals surface area contributed by atoms with Gasteiger partial charge in [-0.3, -0.25) is 12.2 Å². The maximum Gasteiger partial charge on any atom is 4.00 e. The van der Waals surface area contributed by atoms with Crippen molar-refractivity contribution in [3.05, 3.63) is 62.0 Å². The van der Waals surface area contributed by atoms with Gasteiger partial charge < -0.3 is 14.9 Å². The minimum absolute atomic E-state index is 0. The smallest absolute Gasteiger partial charge is 0.358 e. The Hall–Kier alpha value is -0.157. The SMILES string of the molecule is CC1=[C-]C(C)(C)C(C)=C1C.[C-]1=CC=CC1.[CH3-].[CH3-].[Zr+4]. The van der Waals surface area contributed by atoms with Crippen molar-refractivity contribution < 1.29 is 26.2 Å². The Bertz CT molecular complexity index is 342. The summed E-state index contributed by atoms with van der Waals surface area (Å²) in [6.07, 6.45) is 13.4. The predicted molar refractivity (Wildman–Crippen MR) is 79.0 cm³/mol. The monoisotopic (exact) mass is 320 g/mol. The Morgan fingerprint density at radius 3 is 1.78 bits per heavy atom. The molecular formula is C17H26Zr. The zero-order valence-electron chi connectivity index (χ0n) is 12.9. The van der Waals surface area contributed by atoms with Gasteiger partial charge in [-0.1, -0.05) is 33.1 Å². The van der Waals surface area contributed by atoms with Crippen molar-refractivity contribution in [2.75, 3.05) is 0 Å². The van der Waals surface area contributed by atoms with Crippen LogP contribution in [0.25, 0.3) is 0 Å². The van der Waals surface area contributed by atoms with Gasteiger partial charge in [-0.05, 0) is 0 Å². The first-order valence-electron chi connectivity index (χ1n) is 5.47. The Labute approximate surface area is 134 Å². The molecule has 2 aliphatic carbocycles. The molecule has 0 N–H and O–H groups in total. The fourth-order valence-electron chi connectivity index (χ4n) is 1.75. The van der Waals surface area contributed by atoms with E-state index in [9.17, 15) is 0 Å². The van der Waals surface area contributed by atoms with Crippen LogP contribution < -0.4 is 0 Å². The van der Waals surface area contributed by atoms with Gasteiger partial charge in [0.2, 0.25) is 0 Å². The summed E-state index contributed by atoms with van der Waals surface area (Å²) in [6, 6.07) is 0. The van der Waals surface area contributed by atoms with Crippen LogP contribution in [0.2, 0.25) is 0 Å².